The monoisotopic (exact) mass is 769 g/mol. The molecule has 0 amide bonds. The van der Waals surface area contributed by atoms with Crippen molar-refractivity contribution in [2.45, 2.75) is 0 Å². The number of nitrogens with zero attached hydrogens (tertiary/aromatic N) is 1. The third-order valence-electron chi connectivity index (χ3n) is 11.9. The number of hydrogen-bond donors (Lipinski definition) is 0. The van der Waals surface area contributed by atoms with Crippen LogP contribution in [0.1, 0.15) is 0 Å². The summed E-state index contributed by atoms with van der Waals surface area (Å²) in [5.74, 6) is 0. The van der Waals surface area contributed by atoms with Crippen molar-refractivity contribution in [2.24, 2.45) is 0 Å². The Hall–Kier alpha value is -7.46. The Bertz CT molecular complexity index is 3540. The molecule has 0 aliphatic rings. The fourth-order valence-electron chi connectivity index (χ4n) is 9.14. The van der Waals surface area contributed by atoms with E-state index in [9.17, 15) is 0 Å². The Morgan fingerprint density at radius 2 is 0.932 bits per heavy atom. The number of hydrogen-bond acceptors (Lipinski definition) is 3. The lowest BCUT2D eigenvalue weighted by molar-refractivity contribution is 0.672. The first kappa shape index (κ1) is 33.7. The smallest absolute Gasteiger partial charge is 0.143 e. The molecule has 0 saturated heterocycles. The minimum Gasteiger partial charge on any atom is -0.455 e. The van der Waals surface area contributed by atoms with Crippen molar-refractivity contribution >= 4 is 92.1 Å². The molecule has 2 heterocycles. The molecule has 0 saturated carbocycles. The molecule has 10 aromatic carbocycles. The third-order valence-corrected chi connectivity index (χ3v) is 13.1. The normalized spacial score (nSPS) is 11.7. The summed E-state index contributed by atoms with van der Waals surface area (Å²) in [5.41, 5.74) is 12.3. The number of furan rings is 1. The lowest BCUT2D eigenvalue weighted by Crippen LogP contribution is -2.10. The summed E-state index contributed by atoms with van der Waals surface area (Å²) in [6.45, 7) is 0. The highest BCUT2D eigenvalue weighted by Crippen LogP contribution is 2.46. The highest BCUT2D eigenvalue weighted by molar-refractivity contribution is 7.26. The number of anilines is 3. The molecule has 2 nitrogen and oxygen atoms in total. The molecule has 0 aliphatic carbocycles. The van der Waals surface area contributed by atoms with Gasteiger partial charge in [0.1, 0.15) is 11.2 Å². The van der Waals surface area contributed by atoms with Crippen molar-refractivity contribution in [3.63, 3.8) is 0 Å². The van der Waals surface area contributed by atoms with Crippen molar-refractivity contribution < 1.29 is 4.42 Å². The van der Waals surface area contributed by atoms with Gasteiger partial charge < -0.3 is 9.32 Å². The van der Waals surface area contributed by atoms with E-state index in [4.69, 9.17) is 4.42 Å². The van der Waals surface area contributed by atoms with E-state index in [0.29, 0.717) is 0 Å². The first-order valence-corrected chi connectivity index (χ1v) is 20.9. The summed E-state index contributed by atoms with van der Waals surface area (Å²) in [6.07, 6.45) is 0. The molecule has 12 aromatic rings. The molecule has 0 N–H and O–H groups in total. The molecule has 0 fully saturated rings. The lowest BCUT2D eigenvalue weighted by atomic mass is 9.91. The Balaban J connectivity index is 1.03. The molecular weight excluding hydrogens is 735 g/mol. The van der Waals surface area contributed by atoms with Gasteiger partial charge in [0.25, 0.3) is 0 Å². The second-order valence-electron chi connectivity index (χ2n) is 15.2. The van der Waals surface area contributed by atoms with Crippen LogP contribution in [0.15, 0.2) is 217 Å². The number of thiophene rings is 1. The summed E-state index contributed by atoms with van der Waals surface area (Å²) < 4.78 is 9.34. The van der Waals surface area contributed by atoms with E-state index in [1.807, 2.05) is 11.3 Å². The SMILES string of the molecule is c1ccc(-c2cccc3cccc(-c4ccc(N(c5ccc(-c6cccc7c6sc6ccccc67)cc5)c5cccc6oc7c8ccccc8ccc7c56)cc4)c23)cc1. The van der Waals surface area contributed by atoms with Gasteiger partial charge >= 0.3 is 0 Å². The maximum Gasteiger partial charge on any atom is 0.143 e. The maximum absolute atomic E-state index is 6.71. The van der Waals surface area contributed by atoms with Gasteiger partial charge in [-0.3, -0.25) is 0 Å². The quantitative estimate of drug-likeness (QED) is 0.167. The van der Waals surface area contributed by atoms with Gasteiger partial charge in [0, 0.05) is 42.3 Å². The van der Waals surface area contributed by atoms with Crippen molar-refractivity contribution in [3.8, 4) is 33.4 Å². The summed E-state index contributed by atoms with van der Waals surface area (Å²) in [7, 11) is 0. The second-order valence-corrected chi connectivity index (χ2v) is 16.3. The molecule has 12 rings (SSSR count). The maximum atomic E-state index is 6.71. The van der Waals surface area contributed by atoms with Gasteiger partial charge in [-0.25, -0.2) is 0 Å². The van der Waals surface area contributed by atoms with E-state index in [-0.39, 0.29) is 0 Å². The first-order valence-electron chi connectivity index (χ1n) is 20.1. The van der Waals surface area contributed by atoms with Gasteiger partial charge in [-0.15, -0.1) is 11.3 Å². The zero-order chi connectivity index (χ0) is 38.9. The van der Waals surface area contributed by atoms with Crippen molar-refractivity contribution in [1.29, 1.82) is 0 Å². The molecule has 0 radical (unpaired) electrons. The van der Waals surface area contributed by atoms with Crippen LogP contribution in [0.5, 0.6) is 0 Å². The van der Waals surface area contributed by atoms with Crippen LogP contribution in [-0.2, 0) is 0 Å². The second kappa shape index (κ2) is 13.6. The van der Waals surface area contributed by atoms with Gasteiger partial charge in [-0.1, -0.05) is 164 Å². The highest BCUT2D eigenvalue weighted by atomic mass is 32.1. The molecule has 59 heavy (non-hydrogen) atoms. The Kier molecular flexibility index (Phi) is 7.75. The van der Waals surface area contributed by atoms with Crippen LogP contribution in [0.4, 0.5) is 17.1 Å². The molecule has 276 valence electrons. The fourth-order valence-corrected chi connectivity index (χ4v) is 10.4. The Morgan fingerprint density at radius 1 is 0.356 bits per heavy atom. The van der Waals surface area contributed by atoms with Gasteiger partial charge in [-0.05, 0) is 98.1 Å². The van der Waals surface area contributed by atoms with Gasteiger partial charge in [0.15, 0.2) is 0 Å². The van der Waals surface area contributed by atoms with Crippen LogP contribution in [0.3, 0.4) is 0 Å². The topological polar surface area (TPSA) is 16.4 Å². The van der Waals surface area contributed by atoms with Crippen molar-refractivity contribution in [2.75, 3.05) is 4.90 Å². The summed E-state index contributed by atoms with van der Waals surface area (Å²) in [6, 6.07) is 76.8. The van der Waals surface area contributed by atoms with E-state index < -0.39 is 0 Å². The van der Waals surface area contributed by atoms with Gasteiger partial charge in [0.2, 0.25) is 0 Å². The minimum absolute atomic E-state index is 0.868. The van der Waals surface area contributed by atoms with Crippen LogP contribution >= 0.6 is 11.3 Å². The Morgan fingerprint density at radius 3 is 1.69 bits per heavy atom. The molecule has 3 heteroatoms. The molecule has 0 bridgehead atoms. The first-order chi connectivity index (χ1) is 29.3. The molecule has 2 aromatic heterocycles. The largest absolute Gasteiger partial charge is 0.455 e. The molecule has 0 aliphatic heterocycles. The predicted octanol–water partition coefficient (Wildman–Crippen LogP) is 16.7. The van der Waals surface area contributed by atoms with E-state index in [1.165, 1.54) is 69.7 Å². The molecule has 0 spiro atoms. The summed E-state index contributed by atoms with van der Waals surface area (Å²) >= 11 is 1.87. The minimum atomic E-state index is 0.868. The molecule has 0 atom stereocenters. The summed E-state index contributed by atoms with van der Waals surface area (Å²) in [4.78, 5) is 2.39. The number of rotatable bonds is 6. The van der Waals surface area contributed by atoms with Crippen LogP contribution in [0, 0.1) is 0 Å². The summed E-state index contributed by atoms with van der Waals surface area (Å²) in [5, 5.41) is 9.60. The van der Waals surface area contributed by atoms with Crippen LogP contribution < -0.4 is 4.90 Å². The van der Waals surface area contributed by atoms with Crippen LogP contribution in [0.2, 0.25) is 0 Å². The average molecular weight is 770 g/mol. The average Bonchev–Trinajstić information content (AvgIpc) is 3.89. The molecular formula is C56H35NOS. The van der Waals surface area contributed by atoms with E-state index in [0.717, 1.165) is 44.4 Å². The highest BCUT2D eigenvalue weighted by Gasteiger charge is 2.21. The van der Waals surface area contributed by atoms with Crippen molar-refractivity contribution in [3.05, 3.63) is 212 Å². The fraction of sp³-hybridized carbons (Fsp3) is 0. The van der Waals surface area contributed by atoms with Gasteiger partial charge in [-0.2, -0.15) is 0 Å². The van der Waals surface area contributed by atoms with Crippen LogP contribution in [-0.4, -0.2) is 0 Å². The lowest BCUT2D eigenvalue weighted by Gasteiger charge is -2.27. The standard InChI is InChI=1S/C56H35NOS/c1-2-12-36(13-3-1)43-19-8-15-40-16-9-20-44(53(40)43)38-26-31-41(32-27-38)57(50-23-11-24-51-54(50)49-35-30-37-14-4-5-17-45(37)55(49)58-51)42-33-28-39(29-34-42)46-21-10-22-48-47-18-6-7-25-52(47)59-56(46)48/h1-35H. The van der Waals surface area contributed by atoms with Gasteiger partial charge in [0.05, 0.1) is 11.1 Å². The number of fused-ring (bicyclic) bond motifs is 9. The van der Waals surface area contributed by atoms with E-state index in [1.54, 1.807) is 0 Å². The van der Waals surface area contributed by atoms with Crippen LogP contribution in [0.25, 0.3) is 97.0 Å². The van der Waals surface area contributed by atoms with Crippen molar-refractivity contribution in [1.82, 2.24) is 0 Å². The Labute approximate surface area is 345 Å². The zero-order valence-corrected chi connectivity index (χ0v) is 32.8. The third kappa shape index (κ3) is 5.47. The van der Waals surface area contributed by atoms with E-state index >= 15 is 0 Å². The molecule has 0 unspecified atom stereocenters. The predicted molar refractivity (Wildman–Crippen MR) is 253 cm³/mol. The van der Waals surface area contributed by atoms with E-state index in [2.05, 4.69) is 217 Å². The zero-order valence-electron chi connectivity index (χ0n) is 32.0. The number of benzene rings is 10.